The van der Waals surface area contributed by atoms with Crippen molar-refractivity contribution in [2.75, 3.05) is 11.9 Å². The Morgan fingerprint density at radius 3 is 2.26 bits per heavy atom. The predicted molar refractivity (Wildman–Crippen MR) is 139 cm³/mol. The van der Waals surface area contributed by atoms with Gasteiger partial charge in [-0.25, -0.2) is 9.69 Å². The van der Waals surface area contributed by atoms with Crippen LogP contribution in [0.4, 0.5) is 23.7 Å². The summed E-state index contributed by atoms with van der Waals surface area (Å²) in [5.41, 5.74) is -4.17. The minimum atomic E-state index is -4.48. The summed E-state index contributed by atoms with van der Waals surface area (Å²) in [7, 11) is 1.42. The van der Waals surface area contributed by atoms with Crippen LogP contribution in [0, 0.1) is 0 Å². The molecule has 38 heavy (non-hydrogen) atoms. The highest BCUT2D eigenvalue weighted by Gasteiger charge is 2.56. The van der Waals surface area contributed by atoms with Crippen LogP contribution in [0.3, 0.4) is 0 Å². The number of carbonyl (C=O) groups is 3. The van der Waals surface area contributed by atoms with Crippen molar-refractivity contribution in [3.63, 3.8) is 0 Å². The molecule has 1 saturated heterocycles. The number of carbonyl (C=O) groups excluding carboxylic acids is 3. The van der Waals surface area contributed by atoms with E-state index in [9.17, 15) is 27.6 Å². The molecular formula is C26H22ClF3N4O3S. The van der Waals surface area contributed by atoms with Gasteiger partial charge in [-0.05, 0) is 79.7 Å². The summed E-state index contributed by atoms with van der Waals surface area (Å²) in [5.74, 6) is -1.16. The molecule has 4 rings (SSSR count). The van der Waals surface area contributed by atoms with Gasteiger partial charge in [0.25, 0.3) is 5.91 Å². The van der Waals surface area contributed by atoms with E-state index < -0.39 is 34.9 Å². The minimum Gasteiger partial charge on any atom is -0.357 e. The zero-order valence-electron chi connectivity index (χ0n) is 20.4. The summed E-state index contributed by atoms with van der Waals surface area (Å²) in [6, 6.07) is 13.1. The SMILES string of the molecule is CNC(=O)C(c1ccnc(-c2ccc(Cl)cc2)c1)N1C(=O)N(c2ccc(SC(F)(F)F)cc2)C(=O)C1(C)C. The number of alkyl halides is 3. The van der Waals surface area contributed by atoms with Gasteiger partial charge in [-0.15, -0.1) is 0 Å². The molecule has 1 unspecified atom stereocenters. The Labute approximate surface area is 226 Å². The van der Waals surface area contributed by atoms with Crippen molar-refractivity contribution in [3.05, 3.63) is 77.4 Å². The van der Waals surface area contributed by atoms with E-state index in [1.165, 1.54) is 56.3 Å². The monoisotopic (exact) mass is 562 g/mol. The molecule has 1 aliphatic heterocycles. The van der Waals surface area contributed by atoms with E-state index in [1.54, 1.807) is 36.4 Å². The first-order valence-corrected chi connectivity index (χ1v) is 12.5. The molecule has 1 N–H and O–H groups in total. The van der Waals surface area contributed by atoms with Crippen LogP contribution in [0.15, 0.2) is 71.8 Å². The largest absolute Gasteiger partial charge is 0.446 e. The number of amides is 4. The first-order valence-electron chi connectivity index (χ1n) is 11.3. The number of halogens is 4. The number of urea groups is 1. The van der Waals surface area contributed by atoms with E-state index in [4.69, 9.17) is 11.6 Å². The molecule has 1 fully saturated rings. The van der Waals surface area contributed by atoms with Crippen molar-refractivity contribution in [3.8, 4) is 11.3 Å². The Balaban J connectivity index is 1.73. The number of likely N-dealkylation sites (N-methyl/N-ethyl adjacent to an activating group) is 1. The van der Waals surface area contributed by atoms with Gasteiger partial charge in [0.15, 0.2) is 0 Å². The molecular weight excluding hydrogens is 541 g/mol. The Hall–Kier alpha value is -3.57. The van der Waals surface area contributed by atoms with Crippen LogP contribution in [0.5, 0.6) is 0 Å². The predicted octanol–water partition coefficient (Wildman–Crippen LogP) is 6.05. The fraction of sp³-hybridized carbons (Fsp3) is 0.231. The summed E-state index contributed by atoms with van der Waals surface area (Å²) >= 11 is 5.68. The smallest absolute Gasteiger partial charge is 0.357 e. The molecule has 1 aliphatic rings. The quantitative estimate of drug-likeness (QED) is 0.292. The van der Waals surface area contributed by atoms with Gasteiger partial charge in [0.2, 0.25) is 5.91 Å². The molecule has 1 aromatic heterocycles. The lowest BCUT2D eigenvalue weighted by atomic mass is 9.96. The van der Waals surface area contributed by atoms with Gasteiger partial charge in [0, 0.05) is 28.7 Å². The number of aromatic nitrogens is 1. The van der Waals surface area contributed by atoms with Gasteiger partial charge in [0.05, 0.1) is 11.4 Å². The topological polar surface area (TPSA) is 82.6 Å². The molecule has 198 valence electrons. The maximum Gasteiger partial charge on any atom is 0.446 e. The highest BCUT2D eigenvalue weighted by atomic mass is 35.5. The third-order valence-electron chi connectivity index (χ3n) is 6.05. The number of pyridine rings is 1. The zero-order valence-corrected chi connectivity index (χ0v) is 22.0. The van der Waals surface area contributed by atoms with Crippen molar-refractivity contribution in [2.24, 2.45) is 0 Å². The van der Waals surface area contributed by atoms with E-state index >= 15 is 0 Å². The second kappa shape index (κ2) is 10.3. The lowest BCUT2D eigenvalue weighted by molar-refractivity contribution is -0.129. The van der Waals surface area contributed by atoms with Crippen LogP contribution in [-0.4, -0.2) is 45.8 Å². The molecule has 0 radical (unpaired) electrons. The molecule has 0 saturated carbocycles. The fourth-order valence-electron chi connectivity index (χ4n) is 4.22. The van der Waals surface area contributed by atoms with Gasteiger partial charge in [0.1, 0.15) is 11.6 Å². The molecule has 3 aromatic rings. The van der Waals surface area contributed by atoms with Crippen LogP contribution in [0.1, 0.15) is 25.5 Å². The number of benzene rings is 2. The summed E-state index contributed by atoms with van der Waals surface area (Å²) in [4.78, 5) is 46.6. The number of rotatable bonds is 6. The Kier molecular flexibility index (Phi) is 7.44. The Morgan fingerprint density at radius 1 is 1.05 bits per heavy atom. The van der Waals surface area contributed by atoms with Gasteiger partial charge < -0.3 is 5.32 Å². The van der Waals surface area contributed by atoms with Crippen LogP contribution < -0.4 is 10.2 Å². The molecule has 2 heterocycles. The van der Waals surface area contributed by atoms with Crippen molar-refractivity contribution < 1.29 is 27.6 Å². The molecule has 0 aliphatic carbocycles. The van der Waals surface area contributed by atoms with Gasteiger partial charge >= 0.3 is 11.5 Å². The summed E-state index contributed by atoms with van der Waals surface area (Å²) in [5, 5.41) is 3.10. The van der Waals surface area contributed by atoms with Crippen LogP contribution >= 0.6 is 23.4 Å². The summed E-state index contributed by atoms with van der Waals surface area (Å²) < 4.78 is 38.2. The average Bonchev–Trinajstić information content (AvgIpc) is 3.03. The highest BCUT2D eigenvalue weighted by Crippen LogP contribution is 2.41. The number of thioether (sulfide) groups is 1. The van der Waals surface area contributed by atoms with Crippen LogP contribution in [0.2, 0.25) is 5.02 Å². The van der Waals surface area contributed by atoms with Gasteiger partial charge in [-0.2, -0.15) is 13.2 Å². The molecule has 7 nitrogen and oxygen atoms in total. The number of hydrogen-bond acceptors (Lipinski definition) is 5. The van der Waals surface area contributed by atoms with E-state index in [0.29, 0.717) is 16.3 Å². The summed E-state index contributed by atoms with van der Waals surface area (Å²) in [6.07, 6.45) is 1.50. The Morgan fingerprint density at radius 2 is 1.68 bits per heavy atom. The number of imide groups is 1. The van der Waals surface area contributed by atoms with Crippen molar-refractivity contribution >= 4 is 46.9 Å². The van der Waals surface area contributed by atoms with Crippen LogP contribution in [-0.2, 0) is 9.59 Å². The van der Waals surface area contributed by atoms with E-state index in [0.717, 1.165) is 10.5 Å². The first kappa shape index (κ1) is 27.5. The maximum absolute atomic E-state index is 13.7. The molecule has 12 heteroatoms. The standard InChI is InChI=1S/C26H22ClF3N4O3S/c1-25(2)23(36)33(18-8-10-19(11-9-18)38-26(28,29)30)24(37)34(25)21(22(35)31-3)16-12-13-32-20(14-16)15-4-6-17(27)7-5-15/h4-14,21H,1-3H3,(H,31,35). The third kappa shape index (κ3) is 5.34. The number of anilines is 1. The zero-order chi connectivity index (χ0) is 27.8. The fourth-order valence-corrected chi connectivity index (χ4v) is 4.88. The second-order valence-electron chi connectivity index (χ2n) is 8.89. The van der Waals surface area contributed by atoms with Crippen molar-refractivity contribution in [1.82, 2.24) is 15.2 Å². The number of nitrogens with one attached hydrogen (secondary N) is 1. The molecule has 4 amide bonds. The number of hydrogen-bond donors (Lipinski definition) is 1. The van der Waals surface area contributed by atoms with E-state index in [-0.39, 0.29) is 22.3 Å². The molecule has 0 spiro atoms. The molecule has 2 aromatic carbocycles. The second-order valence-corrected chi connectivity index (χ2v) is 10.5. The maximum atomic E-state index is 13.7. The van der Waals surface area contributed by atoms with E-state index in [2.05, 4.69) is 10.3 Å². The van der Waals surface area contributed by atoms with Crippen molar-refractivity contribution in [1.29, 1.82) is 0 Å². The van der Waals surface area contributed by atoms with Gasteiger partial charge in [-0.1, -0.05) is 23.7 Å². The lowest BCUT2D eigenvalue weighted by Crippen LogP contribution is -2.50. The summed E-state index contributed by atoms with van der Waals surface area (Å²) in [6.45, 7) is 3.02. The highest BCUT2D eigenvalue weighted by molar-refractivity contribution is 8.00. The molecule has 0 bridgehead atoms. The van der Waals surface area contributed by atoms with E-state index in [1.807, 2.05) is 0 Å². The van der Waals surface area contributed by atoms with Crippen molar-refractivity contribution in [2.45, 2.75) is 35.8 Å². The minimum absolute atomic E-state index is 0.0915. The van der Waals surface area contributed by atoms with Gasteiger partial charge in [-0.3, -0.25) is 19.5 Å². The Bertz CT molecular complexity index is 1380. The normalized spacial score (nSPS) is 16.1. The average molecular weight is 563 g/mol. The van der Waals surface area contributed by atoms with Crippen LogP contribution in [0.25, 0.3) is 11.3 Å². The third-order valence-corrected chi connectivity index (χ3v) is 7.04. The molecule has 1 atom stereocenters. The number of nitrogens with zero attached hydrogens (tertiary/aromatic N) is 3. The lowest BCUT2D eigenvalue weighted by Gasteiger charge is -2.34. The first-order chi connectivity index (χ1) is 17.8.